The molecule has 0 fully saturated rings. The molecular weight excluding hydrogens is 280 g/mol. The molecule has 0 spiro atoms. The van der Waals surface area contributed by atoms with Crippen LogP contribution in [0.1, 0.15) is 15.9 Å². The summed E-state index contributed by atoms with van der Waals surface area (Å²) < 4.78 is 5.38. The standard InChI is InChI=1S/C17H16N2O3/c20-15-11-22-16-13(7-4-8-14(16)19-15)17(21)18-10-9-12-5-2-1-3-6-12/h1-8H,9-11H2,(H,18,21)(H,19,20). The van der Waals surface area contributed by atoms with E-state index in [1.807, 2.05) is 30.3 Å². The fourth-order valence-electron chi connectivity index (χ4n) is 2.35. The normalized spacial score (nSPS) is 12.8. The van der Waals surface area contributed by atoms with Crippen molar-refractivity contribution >= 4 is 17.5 Å². The monoisotopic (exact) mass is 296 g/mol. The zero-order valence-electron chi connectivity index (χ0n) is 12.0. The highest BCUT2D eigenvalue weighted by Gasteiger charge is 2.22. The van der Waals surface area contributed by atoms with Crippen molar-refractivity contribution in [3.63, 3.8) is 0 Å². The molecule has 0 atom stereocenters. The van der Waals surface area contributed by atoms with E-state index in [2.05, 4.69) is 10.6 Å². The Morgan fingerprint density at radius 3 is 2.77 bits per heavy atom. The van der Waals surface area contributed by atoms with E-state index >= 15 is 0 Å². The van der Waals surface area contributed by atoms with Gasteiger partial charge in [-0.25, -0.2) is 0 Å². The van der Waals surface area contributed by atoms with Crippen LogP contribution in [0.15, 0.2) is 48.5 Å². The molecule has 0 bridgehead atoms. The second kappa shape index (κ2) is 6.30. The van der Waals surface area contributed by atoms with E-state index in [-0.39, 0.29) is 18.4 Å². The van der Waals surface area contributed by atoms with Gasteiger partial charge in [0, 0.05) is 6.54 Å². The minimum atomic E-state index is -0.214. The number of anilines is 1. The molecule has 2 amide bonds. The lowest BCUT2D eigenvalue weighted by atomic mass is 10.1. The topological polar surface area (TPSA) is 67.4 Å². The maximum Gasteiger partial charge on any atom is 0.262 e. The van der Waals surface area contributed by atoms with Gasteiger partial charge in [-0.3, -0.25) is 9.59 Å². The Hall–Kier alpha value is -2.82. The zero-order chi connectivity index (χ0) is 15.4. The first-order valence-electron chi connectivity index (χ1n) is 7.12. The van der Waals surface area contributed by atoms with Crippen LogP contribution in [0.3, 0.4) is 0 Å². The van der Waals surface area contributed by atoms with E-state index in [9.17, 15) is 9.59 Å². The van der Waals surface area contributed by atoms with E-state index < -0.39 is 0 Å². The lowest BCUT2D eigenvalue weighted by Crippen LogP contribution is -2.30. The molecule has 2 N–H and O–H groups in total. The molecule has 2 aromatic rings. The number of para-hydroxylation sites is 1. The van der Waals surface area contributed by atoms with Crippen molar-refractivity contribution in [2.75, 3.05) is 18.5 Å². The molecular formula is C17H16N2O3. The van der Waals surface area contributed by atoms with Gasteiger partial charge < -0.3 is 15.4 Å². The first kappa shape index (κ1) is 14.1. The molecule has 0 saturated heterocycles. The minimum absolute atomic E-state index is 0.0681. The van der Waals surface area contributed by atoms with E-state index in [1.54, 1.807) is 18.2 Å². The average Bonchev–Trinajstić information content (AvgIpc) is 2.55. The lowest BCUT2D eigenvalue weighted by molar-refractivity contribution is -0.118. The van der Waals surface area contributed by atoms with Crippen molar-refractivity contribution < 1.29 is 14.3 Å². The summed E-state index contributed by atoms with van der Waals surface area (Å²) in [4.78, 5) is 23.6. The highest BCUT2D eigenvalue weighted by Crippen LogP contribution is 2.31. The highest BCUT2D eigenvalue weighted by atomic mass is 16.5. The molecule has 0 unspecified atom stereocenters. The highest BCUT2D eigenvalue weighted by molar-refractivity contribution is 6.03. The van der Waals surface area contributed by atoms with Gasteiger partial charge in [0.2, 0.25) is 0 Å². The summed E-state index contributed by atoms with van der Waals surface area (Å²) in [6.45, 7) is 0.472. The lowest BCUT2D eigenvalue weighted by Gasteiger charge is -2.20. The Labute approximate surface area is 128 Å². The van der Waals surface area contributed by atoms with Gasteiger partial charge in [0.25, 0.3) is 11.8 Å². The minimum Gasteiger partial charge on any atom is -0.481 e. The third kappa shape index (κ3) is 3.09. The van der Waals surface area contributed by atoms with Crippen molar-refractivity contribution in [3.8, 4) is 5.75 Å². The fraction of sp³-hybridized carbons (Fsp3) is 0.176. The van der Waals surface area contributed by atoms with Gasteiger partial charge in [-0.2, -0.15) is 0 Å². The van der Waals surface area contributed by atoms with Crippen molar-refractivity contribution in [1.82, 2.24) is 5.32 Å². The van der Waals surface area contributed by atoms with E-state index in [1.165, 1.54) is 5.56 Å². The maximum absolute atomic E-state index is 12.3. The van der Waals surface area contributed by atoms with E-state index in [0.29, 0.717) is 23.5 Å². The Morgan fingerprint density at radius 2 is 1.95 bits per heavy atom. The molecule has 1 heterocycles. The second-order valence-corrected chi connectivity index (χ2v) is 5.01. The number of benzene rings is 2. The van der Waals surface area contributed by atoms with Crippen LogP contribution in [0.2, 0.25) is 0 Å². The Morgan fingerprint density at radius 1 is 1.14 bits per heavy atom. The van der Waals surface area contributed by atoms with Gasteiger partial charge in [-0.05, 0) is 24.1 Å². The summed E-state index contributed by atoms with van der Waals surface area (Å²) >= 11 is 0. The quantitative estimate of drug-likeness (QED) is 0.906. The molecule has 0 aliphatic carbocycles. The number of carbonyl (C=O) groups is 2. The molecule has 22 heavy (non-hydrogen) atoms. The number of amides is 2. The zero-order valence-corrected chi connectivity index (χ0v) is 12.0. The van der Waals surface area contributed by atoms with Crippen LogP contribution in [-0.4, -0.2) is 25.0 Å². The smallest absolute Gasteiger partial charge is 0.262 e. The molecule has 0 radical (unpaired) electrons. The maximum atomic E-state index is 12.3. The number of fused-ring (bicyclic) bond motifs is 1. The van der Waals surface area contributed by atoms with Gasteiger partial charge >= 0.3 is 0 Å². The Bertz CT molecular complexity index is 698. The predicted octanol–water partition coefficient (Wildman–Crippen LogP) is 1.99. The summed E-state index contributed by atoms with van der Waals surface area (Å²) in [6.07, 6.45) is 0.763. The van der Waals surface area contributed by atoms with Gasteiger partial charge in [0.15, 0.2) is 12.4 Å². The molecule has 5 heteroatoms. The van der Waals surface area contributed by atoms with Crippen molar-refractivity contribution in [1.29, 1.82) is 0 Å². The predicted molar refractivity (Wildman–Crippen MR) is 83.0 cm³/mol. The molecule has 1 aliphatic rings. The van der Waals surface area contributed by atoms with E-state index in [4.69, 9.17) is 4.74 Å². The van der Waals surface area contributed by atoms with Gasteiger partial charge in [0.1, 0.15) is 0 Å². The van der Waals surface area contributed by atoms with Crippen LogP contribution in [0, 0.1) is 0 Å². The van der Waals surface area contributed by atoms with Crippen LogP contribution in [0.25, 0.3) is 0 Å². The Balaban J connectivity index is 1.65. The number of rotatable bonds is 4. The summed E-state index contributed by atoms with van der Waals surface area (Å²) in [6, 6.07) is 15.1. The summed E-state index contributed by atoms with van der Waals surface area (Å²) in [5.74, 6) is 0.0115. The number of ether oxygens (including phenoxy) is 1. The largest absolute Gasteiger partial charge is 0.481 e. The van der Waals surface area contributed by atoms with Crippen LogP contribution in [0.5, 0.6) is 5.75 Å². The van der Waals surface area contributed by atoms with Crippen LogP contribution in [0.4, 0.5) is 5.69 Å². The molecule has 1 aliphatic heterocycles. The second-order valence-electron chi connectivity index (χ2n) is 5.01. The van der Waals surface area contributed by atoms with E-state index in [0.717, 1.165) is 6.42 Å². The summed E-state index contributed by atoms with van der Waals surface area (Å²) in [7, 11) is 0. The van der Waals surface area contributed by atoms with Crippen molar-refractivity contribution in [2.45, 2.75) is 6.42 Å². The van der Waals surface area contributed by atoms with Gasteiger partial charge in [-0.15, -0.1) is 0 Å². The first-order valence-corrected chi connectivity index (χ1v) is 7.12. The third-order valence-electron chi connectivity index (χ3n) is 3.42. The first-order chi connectivity index (χ1) is 10.7. The molecule has 2 aromatic carbocycles. The van der Waals surface area contributed by atoms with Crippen LogP contribution in [-0.2, 0) is 11.2 Å². The van der Waals surface area contributed by atoms with Crippen molar-refractivity contribution in [2.24, 2.45) is 0 Å². The van der Waals surface area contributed by atoms with Crippen LogP contribution >= 0.6 is 0 Å². The number of hydrogen-bond donors (Lipinski definition) is 2. The van der Waals surface area contributed by atoms with Crippen molar-refractivity contribution in [3.05, 3.63) is 59.7 Å². The summed E-state index contributed by atoms with van der Waals surface area (Å²) in [5, 5.41) is 5.57. The average molecular weight is 296 g/mol. The summed E-state index contributed by atoms with van der Waals surface area (Å²) in [5.41, 5.74) is 2.14. The molecule has 0 saturated carbocycles. The van der Waals surface area contributed by atoms with Crippen LogP contribution < -0.4 is 15.4 Å². The molecule has 5 nitrogen and oxygen atoms in total. The van der Waals surface area contributed by atoms with Gasteiger partial charge in [-0.1, -0.05) is 36.4 Å². The number of hydrogen-bond acceptors (Lipinski definition) is 3. The number of nitrogens with one attached hydrogen (secondary N) is 2. The number of carbonyl (C=O) groups excluding carboxylic acids is 2. The Kier molecular flexibility index (Phi) is 4.05. The third-order valence-corrected chi connectivity index (χ3v) is 3.42. The molecule has 3 rings (SSSR count). The molecule has 0 aromatic heterocycles. The fourth-order valence-corrected chi connectivity index (χ4v) is 2.35. The SMILES string of the molecule is O=C1COc2c(cccc2C(=O)NCCc2ccccc2)N1. The molecule has 112 valence electrons. The van der Waals surface area contributed by atoms with Gasteiger partial charge in [0.05, 0.1) is 11.3 Å².